The van der Waals surface area contributed by atoms with Crippen LogP contribution in [0.1, 0.15) is 50.1 Å². The molecule has 0 amide bonds. The van der Waals surface area contributed by atoms with Crippen LogP contribution < -0.4 is 20.0 Å². The van der Waals surface area contributed by atoms with Crippen molar-refractivity contribution >= 4 is 23.0 Å². The average Bonchev–Trinajstić information content (AvgIpc) is 3.52. The molecular formula is C33H41F2N7O2. The van der Waals surface area contributed by atoms with Gasteiger partial charge in [-0.05, 0) is 43.9 Å². The van der Waals surface area contributed by atoms with Crippen molar-refractivity contribution in [2.45, 2.75) is 56.7 Å². The number of ether oxygens (including phenoxy) is 1. The number of aromatic nitrogens is 2. The number of benzene rings is 2. The van der Waals surface area contributed by atoms with E-state index in [1.807, 2.05) is 6.07 Å². The number of piperidine rings is 1. The van der Waals surface area contributed by atoms with Crippen LogP contribution in [0, 0.1) is 11.6 Å². The second-order valence-electron chi connectivity index (χ2n) is 12.3. The molecule has 0 spiro atoms. The first-order chi connectivity index (χ1) is 21.6. The predicted octanol–water partition coefficient (Wildman–Crippen LogP) is 5.53. The number of hydroxylamine groups is 1. The quantitative estimate of drug-likeness (QED) is 0.357. The molecule has 3 aliphatic heterocycles. The van der Waals surface area contributed by atoms with Crippen molar-refractivity contribution in [3.05, 3.63) is 66.0 Å². The number of rotatable bonds is 8. The Bertz CT molecular complexity index is 1440. The summed E-state index contributed by atoms with van der Waals surface area (Å²) in [7, 11) is 1.67. The summed E-state index contributed by atoms with van der Waals surface area (Å²) in [6.07, 6.45) is 8.48. The van der Waals surface area contributed by atoms with E-state index in [2.05, 4.69) is 42.1 Å². The number of anilines is 4. The molecule has 0 bridgehead atoms. The Balaban J connectivity index is 0.985. The van der Waals surface area contributed by atoms with Crippen LogP contribution in [0.15, 0.2) is 48.8 Å². The van der Waals surface area contributed by atoms with Crippen molar-refractivity contribution in [2.24, 2.45) is 0 Å². The van der Waals surface area contributed by atoms with Gasteiger partial charge in [0.15, 0.2) is 17.5 Å². The Morgan fingerprint density at radius 2 is 1.61 bits per heavy atom. The molecule has 3 saturated heterocycles. The summed E-state index contributed by atoms with van der Waals surface area (Å²) in [5.74, 6) is -0.0350. The fourth-order valence-corrected chi connectivity index (χ4v) is 7.12. The van der Waals surface area contributed by atoms with Crippen LogP contribution in [0.25, 0.3) is 0 Å². The molecule has 4 heterocycles. The van der Waals surface area contributed by atoms with Crippen LogP contribution in [0.4, 0.5) is 31.8 Å². The molecule has 9 nitrogen and oxygen atoms in total. The molecule has 1 saturated carbocycles. The molecule has 11 heteroatoms. The molecule has 4 aliphatic rings. The van der Waals surface area contributed by atoms with Crippen LogP contribution in [0.2, 0.25) is 0 Å². The summed E-state index contributed by atoms with van der Waals surface area (Å²) in [4.78, 5) is 22.4. The first-order valence-electron chi connectivity index (χ1n) is 15.9. The van der Waals surface area contributed by atoms with Crippen molar-refractivity contribution < 1.29 is 18.4 Å². The van der Waals surface area contributed by atoms with Gasteiger partial charge in [0.1, 0.15) is 17.9 Å². The van der Waals surface area contributed by atoms with Crippen molar-refractivity contribution in [3.63, 3.8) is 0 Å². The van der Waals surface area contributed by atoms with Crippen LogP contribution in [0.5, 0.6) is 5.75 Å². The zero-order chi connectivity index (χ0) is 30.0. The van der Waals surface area contributed by atoms with Gasteiger partial charge in [0.25, 0.3) is 0 Å². The summed E-state index contributed by atoms with van der Waals surface area (Å²) in [5.41, 5.74) is 2.16. The fourth-order valence-electron chi connectivity index (χ4n) is 7.12. The Morgan fingerprint density at radius 3 is 2.32 bits per heavy atom. The van der Waals surface area contributed by atoms with Gasteiger partial charge in [-0.2, -0.15) is 0 Å². The zero-order valence-electron chi connectivity index (χ0n) is 25.3. The third-order valence-electron chi connectivity index (χ3n) is 9.86. The van der Waals surface area contributed by atoms with Crippen molar-refractivity contribution in [3.8, 4) is 5.75 Å². The normalized spacial score (nSPS) is 22.3. The Kier molecular flexibility index (Phi) is 8.51. The maximum absolute atomic E-state index is 14.6. The van der Waals surface area contributed by atoms with Crippen molar-refractivity contribution in [1.29, 1.82) is 0 Å². The van der Waals surface area contributed by atoms with E-state index >= 15 is 0 Å². The number of hydrogen-bond donors (Lipinski definition) is 1. The van der Waals surface area contributed by atoms with Gasteiger partial charge in [-0.15, -0.1) is 0 Å². The zero-order valence-corrected chi connectivity index (χ0v) is 25.3. The summed E-state index contributed by atoms with van der Waals surface area (Å²) >= 11 is 0. The molecule has 0 radical (unpaired) electrons. The maximum Gasteiger partial charge on any atom is 0.164 e. The van der Waals surface area contributed by atoms with Gasteiger partial charge < -0.3 is 15.0 Å². The van der Waals surface area contributed by atoms with Crippen molar-refractivity contribution in [1.82, 2.24) is 19.8 Å². The molecule has 1 aliphatic carbocycles. The van der Waals surface area contributed by atoms with E-state index in [0.717, 1.165) is 36.6 Å². The summed E-state index contributed by atoms with van der Waals surface area (Å²) in [6, 6.07) is 13.2. The van der Waals surface area contributed by atoms with Crippen molar-refractivity contribution in [2.75, 3.05) is 68.3 Å². The predicted molar refractivity (Wildman–Crippen MR) is 166 cm³/mol. The highest BCUT2D eigenvalue weighted by Gasteiger charge is 2.33. The molecule has 0 unspecified atom stereocenters. The van der Waals surface area contributed by atoms with E-state index in [9.17, 15) is 8.78 Å². The molecule has 1 N–H and O–H groups in total. The molecule has 2 aromatic carbocycles. The third kappa shape index (κ3) is 5.92. The summed E-state index contributed by atoms with van der Waals surface area (Å²) < 4.78 is 34.3. The number of piperazine rings is 1. The van der Waals surface area contributed by atoms with E-state index in [4.69, 9.17) is 9.57 Å². The van der Waals surface area contributed by atoms with E-state index in [-0.39, 0.29) is 5.56 Å². The third-order valence-corrected chi connectivity index (χ3v) is 9.86. The van der Waals surface area contributed by atoms with Gasteiger partial charge in [0.05, 0.1) is 25.4 Å². The van der Waals surface area contributed by atoms with E-state index in [1.165, 1.54) is 75.7 Å². The van der Waals surface area contributed by atoms with Gasteiger partial charge in [-0.1, -0.05) is 18.6 Å². The first kappa shape index (κ1) is 29.2. The molecule has 1 aromatic heterocycles. The minimum absolute atomic E-state index is 0.239. The maximum atomic E-state index is 14.6. The van der Waals surface area contributed by atoms with Gasteiger partial charge in [0, 0.05) is 81.2 Å². The molecule has 7 rings (SSSR count). The lowest BCUT2D eigenvalue weighted by atomic mass is 9.91. The largest absolute Gasteiger partial charge is 0.494 e. The Labute approximate surface area is 257 Å². The highest BCUT2D eigenvalue weighted by Crippen LogP contribution is 2.38. The fraction of sp³-hybridized carbons (Fsp3) is 0.515. The van der Waals surface area contributed by atoms with Crippen LogP contribution in [-0.4, -0.2) is 84.8 Å². The summed E-state index contributed by atoms with van der Waals surface area (Å²) in [6.45, 7) is 7.28. The highest BCUT2D eigenvalue weighted by molar-refractivity contribution is 5.70. The molecule has 4 fully saturated rings. The molecule has 234 valence electrons. The lowest BCUT2D eigenvalue weighted by molar-refractivity contribution is 0.0373. The van der Waals surface area contributed by atoms with Crippen LogP contribution in [0.3, 0.4) is 0 Å². The second-order valence-corrected chi connectivity index (χ2v) is 12.3. The van der Waals surface area contributed by atoms with Crippen LogP contribution in [-0.2, 0) is 4.84 Å². The SMILES string of the molecule is COc1cc(N2CCC(N3CCN(C4CCC4)CC3)CC2)ccc1Nc1cc(N2OCC[C@@H]2c2cccc(F)c2F)ncn1. The number of hydrogen-bond acceptors (Lipinski definition) is 9. The molecule has 44 heavy (non-hydrogen) atoms. The molecular weight excluding hydrogens is 564 g/mol. The minimum Gasteiger partial charge on any atom is -0.494 e. The topological polar surface area (TPSA) is 69.2 Å². The minimum atomic E-state index is -0.878. The van der Waals surface area contributed by atoms with E-state index < -0.39 is 17.7 Å². The second kappa shape index (κ2) is 12.8. The standard InChI is InChI=1S/C33H41F2N7O2/c1-43-30-20-25(39-13-10-24(11-14-39)41-17-15-40(16-18-41)23-4-2-5-23)8-9-28(30)38-31-21-32(37-22-36-31)42-29(12-19-44-42)26-6-3-7-27(34)33(26)35/h3,6-9,20-24,29H,2,4-5,10-19H2,1H3,(H,36,37,38)/t29-/m1/s1. The van der Waals surface area contributed by atoms with Gasteiger partial charge in [-0.3, -0.25) is 14.6 Å². The number of nitrogens with one attached hydrogen (secondary N) is 1. The lowest BCUT2D eigenvalue weighted by Gasteiger charge is -2.46. The van der Waals surface area contributed by atoms with Gasteiger partial charge >= 0.3 is 0 Å². The van der Waals surface area contributed by atoms with E-state index in [0.29, 0.717) is 36.5 Å². The Hall–Kier alpha value is -3.54. The van der Waals surface area contributed by atoms with Gasteiger partial charge in [0.2, 0.25) is 0 Å². The Morgan fingerprint density at radius 1 is 0.864 bits per heavy atom. The lowest BCUT2D eigenvalue weighted by Crippen LogP contribution is -2.56. The van der Waals surface area contributed by atoms with Gasteiger partial charge in [-0.25, -0.2) is 23.8 Å². The van der Waals surface area contributed by atoms with E-state index in [1.54, 1.807) is 19.2 Å². The van der Waals surface area contributed by atoms with Crippen LogP contribution >= 0.6 is 0 Å². The smallest absolute Gasteiger partial charge is 0.164 e. The first-order valence-corrected chi connectivity index (χ1v) is 15.9. The average molecular weight is 606 g/mol. The number of methoxy groups -OCH3 is 1. The number of halogens is 2. The number of nitrogens with zero attached hydrogens (tertiary/aromatic N) is 6. The molecule has 3 aromatic rings. The highest BCUT2D eigenvalue weighted by atomic mass is 19.2. The monoisotopic (exact) mass is 605 g/mol. The summed E-state index contributed by atoms with van der Waals surface area (Å²) in [5, 5.41) is 4.87. The molecule has 1 atom stereocenters.